The lowest BCUT2D eigenvalue weighted by atomic mass is 9.84. The number of hydrogen-bond donors (Lipinski definition) is 10. The number of hydrogen-bond acceptors (Lipinski definition) is 9. The first-order valence-electron chi connectivity index (χ1n) is 19.1. The number of aliphatic hydroxyl groups is 1. The highest BCUT2D eigenvalue weighted by Gasteiger charge is 2.34. The summed E-state index contributed by atoms with van der Waals surface area (Å²) in [5.41, 5.74) is 22.7. The molecule has 0 radical (unpaired) electrons. The van der Waals surface area contributed by atoms with E-state index in [2.05, 4.69) is 31.6 Å². The van der Waals surface area contributed by atoms with Gasteiger partial charge in [0.15, 0.2) is 5.96 Å². The van der Waals surface area contributed by atoms with E-state index in [1.54, 1.807) is 18.2 Å². The monoisotopic (exact) mass is 826 g/mol. The number of rotatable bonds is 23. The number of nitrogens with two attached hydrogens (primary N) is 4. The summed E-state index contributed by atoms with van der Waals surface area (Å²) in [6.07, 6.45) is 4.27. The predicted octanol–water partition coefficient (Wildman–Crippen LogP) is 0.593. The highest BCUT2D eigenvalue weighted by Crippen LogP contribution is 2.28. The van der Waals surface area contributed by atoms with Crippen molar-refractivity contribution in [3.05, 3.63) is 33.8 Å². The van der Waals surface area contributed by atoms with Gasteiger partial charge in [0.25, 0.3) is 0 Å². The van der Waals surface area contributed by atoms with Crippen LogP contribution in [0.2, 0.25) is 10.0 Å². The quantitative estimate of drug-likeness (QED) is 0.0317. The van der Waals surface area contributed by atoms with Gasteiger partial charge in [0, 0.05) is 19.9 Å². The largest absolute Gasteiger partial charge is 0.379 e. The van der Waals surface area contributed by atoms with Crippen molar-refractivity contribution in [1.82, 2.24) is 26.6 Å². The summed E-state index contributed by atoms with van der Waals surface area (Å²) < 4.78 is 0. The maximum absolute atomic E-state index is 14.1. The van der Waals surface area contributed by atoms with Crippen LogP contribution in [0.5, 0.6) is 0 Å². The van der Waals surface area contributed by atoms with Gasteiger partial charge >= 0.3 is 0 Å². The van der Waals surface area contributed by atoms with Crippen LogP contribution >= 0.6 is 23.2 Å². The topological polar surface area (TPSA) is 299 Å². The Morgan fingerprint density at radius 3 is 1.88 bits per heavy atom. The van der Waals surface area contributed by atoms with Crippen LogP contribution in [0.1, 0.15) is 97.0 Å². The number of nitrogens with one attached hydrogen (secondary N) is 5. The van der Waals surface area contributed by atoms with E-state index in [1.165, 1.54) is 6.92 Å². The minimum atomic E-state index is -1.22. The van der Waals surface area contributed by atoms with Gasteiger partial charge in [-0.05, 0) is 68.1 Å². The minimum absolute atomic E-state index is 0.00742. The number of aliphatic imine (C=N–C) groups is 1. The zero-order valence-electron chi connectivity index (χ0n) is 32.5. The molecule has 2 rings (SSSR count). The van der Waals surface area contributed by atoms with Crippen LogP contribution in [0.25, 0.3) is 0 Å². The molecule has 14 N–H and O–H groups in total. The first kappa shape index (κ1) is 48.0. The second-order valence-electron chi connectivity index (χ2n) is 14.8. The number of carbonyl (C=O) groups is 6. The number of guanidine groups is 1. The first-order valence-corrected chi connectivity index (χ1v) is 19.8. The van der Waals surface area contributed by atoms with E-state index in [4.69, 9.17) is 46.1 Å². The Morgan fingerprint density at radius 2 is 1.32 bits per heavy atom. The Bertz CT molecular complexity index is 1520. The molecule has 1 aliphatic rings. The Balaban J connectivity index is 2.36. The Hall–Kier alpha value is -4.19. The molecule has 0 spiro atoms. The van der Waals surface area contributed by atoms with E-state index < -0.39 is 71.9 Å². The average molecular weight is 828 g/mol. The lowest BCUT2D eigenvalue weighted by Gasteiger charge is -2.30. The molecule has 1 unspecified atom stereocenters. The van der Waals surface area contributed by atoms with Gasteiger partial charge < -0.3 is 54.6 Å². The normalized spacial score (nSPS) is 16.3. The van der Waals surface area contributed by atoms with Crippen molar-refractivity contribution in [3.63, 3.8) is 0 Å². The summed E-state index contributed by atoms with van der Waals surface area (Å²) in [6, 6.07) is -0.900. The lowest BCUT2D eigenvalue weighted by Crippen LogP contribution is -2.59. The van der Waals surface area contributed by atoms with Crippen molar-refractivity contribution in [2.45, 2.75) is 134 Å². The third-order valence-electron chi connectivity index (χ3n) is 9.37. The zero-order valence-corrected chi connectivity index (χ0v) is 34.0. The number of amides is 6. The summed E-state index contributed by atoms with van der Waals surface area (Å²) in [6.45, 7) is 5.08. The van der Waals surface area contributed by atoms with Crippen molar-refractivity contribution in [2.75, 3.05) is 6.54 Å². The molecule has 1 aromatic rings. The third-order valence-corrected chi connectivity index (χ3v) is 10.1. The van der Waals surface area contributed by atoms with Crippen molar-refractivity contribution in [3.8, 4) is 0 Å². The number of nitrogens with zero attached hydrogens (tertiary/aromatic N) is 1. The van der Waals surface area contributed by atoms with Gasteiger partial charge in [0.05, 0.1) is 10.0 Å². The van der Waals surface area contributed by atoms with Gasteiger partial charge in [-0.3, -0.25) is 33.8 Å². The van der Waals surface area contributed by atoms with Crippen LogP contribution in [-0.2, 0) is 35.2 Å². The SMILES string of the molecule is CC(=O)N[C@@H](CCC(N)O)C(=O)N[C@@H](CC1CCCCC1)C(=O)N[C@@H](CCCN=C(N)N)C(=O)N[C@@H](CC(C)C)C(=O)N[C@@H](Cc1ccc(Cl)c(Cl)c1)C(N)=O. The van der Waals surface area contributed by atoms with Crippen LogP contribution < -0.4 is 49.5 Å². The number of primary amides is 1. The summed E-state index contributed by atoms with van der Waals surface area (Å²) >= 11 is 12.2. The minimum Gasteiger partial charge on any atom is -0.379 e. The van der Waals surface area contributed by atoms with Crippen LogP contribution in [0.3, 0.4) is 0 Å². The van der Waals surface area contributed by atoms with Gasteiger partial charge in [-0.15, -0.1) is 0 Å². The molecule has 19 heteroatoms. The first-order chi connectivity index (χ1) is 26.4. The van der Waals surface area contributed by atoms with E-state index >= 15 is 0 Å². The van der Waals surface area contributed by atoms with Crippen molar-refractivity contribution in [2.24, 2.45) is 39.8 Å². The molecule has 314 valence electrons. The van der Waals surface area contributed by atoms with E-state index in [-0.39, 0.29) is 74.3 Å². The number of carbonyl (C=O) groups excluding carboxylic acids is 6. The fraction of sp³-hybridized carbons (Fsp3) is 0.649. The van der Waals surface area contributed by atoms with Gasteiger partial charge in [-0.2, -0.15) is 0 Å². The maximum Gasteiger partial charge on any atom is 0.243 e. The fourth-order valence-electron chi connectivity index (χ4n) is 6.53. The van der Waals surface area contributed by atoms with Crippen molar-refractivity contribution in [1.29, 1.82) is 0 Å². The number of aliphatic hydroxyl groups excluding tert-OH is 1. The highest BCUT2D eigenvalue weighted by atomic mass is 35.5. The number of benzene rings is 1. The van der Waals surface area contributed by atoms with E-state index in [1.807, 2.05) is 13.8 Å². The zero-order chi connectivity index (χ0) is 41.9. The molecule has 0 bridgehead atoms. The molecule has 0 aliphatic heterocycles. The van der Waals surface area contributed by atoms with Crippen molar-refractivity contribution >= 4 is 64.6 Å². The van der Waals surface area contributed by atoms with Crippen molar-refractivity contribution < 1.29 is 33.9 Å². The average Bonchev–Trinajstić information content (AvgIpc) is 3.11. The summed E-state index contributed by atoms with van der Waals surface area (Å²) in [4.78, 5) is 83.7. The second kappa shape index (κ2) is 24.4. The Labute approximate surface area is 338 Å². The Morgan fingerprint density at radius 1 is 0.768 bits per heavy atom. The van der Waals surface area contributed by atoms with Gasteiger partial charge in [0.2, 0.25) is 35.4 Å². The molecule has 17 nitrogen and oxygen atoms in total. The highest BCUT2D eigenvalue weighted by molar-refractivity contribution is 6.42. The molecule has 0 heterocycles. The molecule has 6 atom stereocenters. The van der Waals surface area contributed by atoms with Crippen LogP contribution in [0, 0.1) is 11.8 Å². The molecule has 0 aromatic heterocycles. The molecule has 1 fully saturated rings. The van der Waals surface area contributed by atoms with E-state index in [0.717, 1.165) is 32.1 Å². The molecule has 56 heavy (non-hydrogen) atoms. The molecular weight excluding hydrogens is 767 g/mol. The summed E-state index contributed by atoms with van der Waals surface area (Å²) in [7, 11) is 0. The summed E-state index contributed by atoms with van der Waals surface area (Å²) in [5.74, 6) is -4.09. The van der Waals surface area contributed by atoms with E-state index in [9.17, 15) is 33.9 Å². The number of halogens is 2. The third kappa shape index (κ3) is 18.2. The predicted molar refractivity (Wildman–Crippen MR) is 215 cm³/mol. The van der Waals surface area contributed by atoms with Crippen LogP contribution in [0.15, 0.2) is 23.2 Å². The van der Waals surface area contributed by atoms with Gasteiger partial charge in [-0.25, -0.2) is 0 Å². The van der Waals surface area contributed by atoms with Gasteiger partial charge in [0.1, 0.15) is 36.4 Å². The summed E-state index contributed by atoms with van der Waals surface area (Å²) in [5, 5.41) is 23.7. The van der Waals surface area contributed by atoms with Gasteiger partial charge in [-0.1, -0.05) is 75.2 Å². The smallest absolute Gasteiger partial charge is 0.243 e. The molecule has 6 amide bonds. The van der Waals surface area contributed by atoms with Crippen LogP contribution in [0.4, 0.5) is 0 Å². The second-order valence-corrected chi connectivity index (χ2v) is 15.6. The molecule has 1 saturated carbocycles. The standard InChI is InChI=1S/C37H60Cl2N10O7/c1-20(2)16-29(35(55)47-28(32(41)52)19-23-11-12-24(38)25(39)17-23)48-33(53)26(10-7-15-44-37(42)43)46-36(56)30(18-22-8-5-4-6-9-22)49-34(54)27(45-21(3)50)13-14-31(40)51/h11-12,17,20,22,26-31,51H,4-10,13-16,18-19,40H2,1-3H3,(H2,41,52)(H,45,50)(H,46,56)(H,47,55)(H,48,53)(H,49,54)(H4,42,43,44)/t26-,27-,28-,29-,30-,31?/m0/s1. The Kier molecular flexibility index (Phi) is 20.9. The molecule has 1 aliphatic carbocycles. The fourth-order valence-corrected chi connectivity index (χ4v) is 6.85. The molecule has 0 saturated heterocycles. The van der Waals surface area contributed by atoms with E-state index in [0.29, 0.717) is 10.6 Å². The maximum atomic E-state index is 14.1. The van der Waals surface area contributed by atoms with Crippen LogP contribution in [-0.4, -0.2) is 89.5 Å². The molecular formula is C37H60Cl2N10O7. The molecule has 1 aromatic carbocycles. The lowest BCUT2D eigenvalue weighted by molar-refractivity contribution is -0.135.